The molecule has 0 spiro atoms. The number of hydrogen-bond acceptors (Lipinski definition) is 3. The van der Waals surface area contributed by atoms with Gasteiger partial charge in [-0.3, -0.25) is 4.98 Å². The van der Waals surface area contributed by atoms with E-state index in [0.29, 0.717) is 4.47 Å². The Hall–Kier alpha value is -0.680. The van der Waals surface area contributed by atoms with Gasteiger partial charge < -0.3 is 9.47 Å². The van der Waals surface area contributed by atoms with Gasteiger partial charge in [0.2, 0.25) is 0 Å². The predicted octanol–water partition coefficient (Wildman–Crippen LogP) is 1.97. The molecule has 1 heterocycles. The molecule has 1 rings (SSSR count). The van der Waals surface area contributed by atoms with Crippen molar-refractivity contribution < 1.29 is 13.9 Å². The molecule has 1 aromatic heterocycles. The van der Waals surface area contributed by atoms with Gasteiger partial charge in [0.05, 0.1) is 10.7 Å². The second kappa shape index (κ2) is 4.37. The van der Waals surface area contributed by atoms with Crippen molar-refractivity contribution in [3.63, 3.8) is 0 Å². The SMILES string of the molecule is COCOc1c(F)cncc1Br. The van der Waals surface area contributed by atoms with Gasteiger partial charge in [-0.1, -0.05) is 0 Å². The Morgan fingerprint density at radius 2 is 2.33 bits per heavy atom. The highest BCUT2D eigenvalue weighted by atomic mass is 79.9. The molecule has 3 nitrogen and oxygen atoms in total. The van der Waals surface area contributed by atoms with Crippen LogP contribution < -0.4 is 4.74 Å². The highest BCUT2D eigenvalue weighted by molar-refractivity contribution is 9.10. The maximum absolute atomic E-state index is 12.9. The lowest BCUT2D eigenvalue weighted by atomic mass is 10.4. The van der Waals surface area contributed by atoms with Crippen molar-refractivity contribution in [1.82, 2.24) is 4.98 Å². The maximum Gasteiger partial charge on any atom is 0.188 e. The molecule has 0 N–H and O–H groups in total. The molecule has 0 bridgehead atoms. The Bertz CT molecular complexity index is 249. The third-order valence-corrected chi connectivity index (χ3v) is 1.70. The molecule has 12 heavy (non-hydrogen) atoms. The summed E-state index contributed by atoms with van der Waals surface area (Å²) in [7, 11) is 1.47. The number of pyridine rings is 1. The molecule has 0 aliphatic rings. The Morgan fingerprint density at radius 3 is 2.92 bits per heavy atom. The quantitative estimate of drug-likeness (QED) is 0.751. The van der Waals surface area contributed by atoms with Crippen molar-refractivity contribution in [2.75, 3.05) is 13.9 Å². The van der Waals surface area contributed by atoms with E-state index in [1.165, 1.54) is 13.3 Å². The first-order valence-electron chi connectivity index (χ1n) is 3.16. The smallest absolute Gasteiger partial charge is 0.188 e. The first-order chi connectivity index (χ1) is 5.75. The van der Waals surface area contributed by atoms with Gasteiger partial charge in [0.1, 0.15) is 0 Å². The summed E-state index contributed by atoms with van der Waals surface area (Å²) in [5.74, 6) is -0.395. The predicted molar refractivity (Wildman–Crippen MR) is 44.4 cm³/mol. The number of halogens is 2. The molecule has 66 valence electrons. The number of nitrogens with zero attached hydrogens (tertiary/aromatic N) is 1. The molecule has 0 saturated carbocycles. The average molecular weight is 236 g/mol. The molecule has 5 heteroatoms. The summed E-state index contributed by atoms with van der Waals surface area (Å²) in [6.07, 6.45) is 2.53. The van der Waals surface area contributed by atoms with Crippen LogP contribution in [0.4, 0.5) is 4.39 Å². The number of methoxy groups -OCH3 is 1. The van der Waals surface area contributed by atoms with Crippen LogP contribution in [-0.2, 0) is 4.74 Å². The number of aromatic nitrogens is 1. The van der Waals surface area contributed by atoms with Crippen LogP contribution in [0.1, 0.15) is 0 Å². The molecule has 0 fully saturated rings. The summed E-state index contributed by atoms with van der Waals surface area (Å²) in [6, 6.07) is 0. The molecule has 1 aromatic rings. The zero-order chi connectivity index (χ0) is 8.97. The summed E-state index contributed by atoms with van der Waals surface area (Å²) in [5.41, 5.74) is 0. The van der Waals surface area contributed by atoms with Crippen molar-refractivity contribution in [3.8, 4) is 5.75 Å². The van der Waals surface area contributed by atoms with E-state index in [4.69, 9.17) is 4.74 Å². The van der Waals surface area contributed by atoms with E-state index in [0.717, 1.165) is 6.20 Å². The topological polar surface area (TPSA) is 31.4 Å². The van der Waals surface area contributed by atoms with Gasteiger partial charge in [-0.05, 0) is 15.9 Å². The van der Waals surface area contributed by atoms with Crippen LogP contribution in [0.25, 0.3) is 0 Å². The minimum atomic E-state index is -0.513. The number of rotatable bonds is 3. The minimum Gasteiger partial charge on any atom is -0.463 e. The lowest BCUT2D eigenvalue weighted by Crippen LogP contribution is -2.01. The summed E-state index contributed by atoms with van der Waals surface area (Å²) >= 11 is 3.09. The van der Waals surface area contributed by atoms with E-state index in [9.17, 15) is 4.39 Å². The van der Waals surface area contributed by atoms with E-state index >= 15 is 0 Å². The largest absolute Gasteiger partial charge is 0.463 e. The van der Waals surface area contributed by atoms with Crippen LogP contribution in [-0.4, -0.2) is 18.9 Å². The van der Waals surface area contributed by atoms with Gasteiger partial charge in [0, 0.05) is 13.3 Å². The molecule has 0 atom stereocenters. The van der Waals surface area contributed by atoms with Crippen molar-refractivity contribution >= 4 is 15.9 Å². The fourth-order valence-electron chi connectivity index (χ4n) is 0.655. The number of hydrogen-bond donors (Lipinski definition) is 0. The first-order valence-corrected chi connectivity index (χ1v) is 3.95. The second-order valence-electron chi connectivity index (χ2n) is 1.98. The van der Waals surface area contributed by atoms with Gasteiger partial charge in [0.25, 0.3) is 0 Å². The minimum absolute atomic E-state index is 0.0134. The summed E-state index contributed by atoms with van der Waals surface area (Å²) in [4.78, 5) is 3.61. The van der Waals surface area contributed by atoms with E-state index in [2.05, 4.69) is 25.7 Å². The molecule has 0 radical (unpaired) electrons. The highest BCUT2D eigenvalue weighted by Gasteiger charge is 2.07. The van der Waals surface area contributed by atoms with Crippen molar-refractivity contribution in [1.29, 1.82) is 0 Å². The van der Waals surface area contributed by atoms with Gasteiger partial charge in [-0.2, -0.15) is 0 Å². The lowest BCUT2D eigenvalue weighted by Gasteiger charge is -2.06. The Kier molecular flexibility index (Phi) is 3.43. The van der Waals surface area contributed by atoms with Crippen LogP contribution in [0.3, 0.4) is 0 Å². The molecule has 0 aromatic carbocycles. The maximum atomic E-state index is 12.9. The van der Waals surface area contributed by atoms with E-state index in [1.807, 2.05) is 0 Å². The Balaban J connectivity index is 2.81. The molecule has 0 aliphatic heterocycles. The van der Waals surface area contributed by atoms with Crippen LogP contribution in [0, 0.1) is 5.82 Å². The van der Waals surface area contributed by atoms with E-state index < -0.39 is 5.82 Å². The molecule has 0 aliphatic carbocycles. The average Bonchev–Trinajstić information content (AvgIpc) is 2.04. The Morgan fingerprint density at radius 1 is 1.58 bits per heavy atom. The van der Waals surface area contributed by atoms with E-state index in [-0.39, 0.29) is 12.5 Å². The lowest BCUT2D eigenvalue weighted by molar-refractivity contribution is 0.0476. The van der Waals surface area contributed by atoms with Crippen molar-refractivity contribution in [3.05, 3.63) is 22.7 Å². The summed E-state index contributed by atoms with van der Waals surface area (Å²) < 4.78 is 22.9. The van der Waals surface area contributed by atoms with Gasteiger partial charge in [-0.25, -0.2) is 4.39 Å². The summed E-state index contributed by atoms with van der Waals surface area (Å²) in [5, 5.41) is 0. The van der Waals surface area contributed by atoms with E-state index in [1.54, 1.807) is 0 Å². The highest BCUT2D eigenvalue weighted by Crippen LogP contribution is 2.26. The van der Waals surface area contributed by atoms with Crippen LogP contribution in [0.5, 0.6) is 5.75 Å². The van der Waals surface area contributed by atoms with Crippen LogP contribution in [0.15, 0.2) is 16.9 Å². The molecular formula is C7H7BrFNO2. The zero-order valence-corrected chi connectivity index (χ0v) is 7.97. The van der Waals surface area contributed by atoms with Crippen molar-refractivity contribution in [2.45, 2.75) is 0 Å². The Labute approximate surface area is 77.6 Å². The normalized spacial score (nSPS) is 9.92. The molecular weight excluding hydrogens is 229 g/mol. The third kappa shape index (κ3) is 2.15. The molecule has 0 amide bonds. The third-order valence-electron chi connectivity index (χ3n) is 1.13. The standard InChI is InChI=1S/C7H7BrFNO2/c1-11-4-12-7-5(8)2-10-3-6(7)9/h2-3H,4H2,1H3. The molecule has 0 unspecified atom stereocenters. The summed E-state index contributed by atoms with van der Waals surface area (Å²) in [6.45, 7) is 0.0134. The number of ether oxygens (including phenoxy) is 2. The van der Waals surface area contributed by atoms with Gasteiger partial charge in [-0.15, -0.1) is 0 Å². The fraction of sp³-hybridized carbons (Fsp3) is 0.286. The van der Waals surface area contributed by atoms with Gasteiger partial charge in [0.15, 0.2) is 18.4 Å². The van der Waals surface area contributed by atoms with Gasteiger partial charge >= 0.3 is 0 Å². The second-order valence-corrected chi connectivity index (χ2v) is 2.84. The van der Waals surface area contributed by atoms with Crippen LogP contribution >= 0.6 is 15.9 Å². The van der Waals surface area contributed by atoms with Crippen LogP contribution in [0.2, 0.25) is 0 Å². The monoisotopic (exact) mass is 235 g/mol. The zero-order valence-electron chi connectivity index (χ0n) is 6.38. The molecule has 0 saturated heterocycles. The fourth-order valence-corrected chi connectivity index (χ4v) is 1.08. The first kappa shape index (κ1) is 9.41. The van der Waals surface area contributed by atoms with Crippen molar-refractivity contribution in [2.24, 2.45) is 0 Å².